The standard InChI is InChI=1S/C33H20BN3O2/c1-4-16-35-26(7-1)21-10-13-24-30(19-21)38-29-15-12-23(28-9-3-6-18-37-28)33-32(29)34(24)25-14-11-22(20-31(25)39-33)27-8-2-5-17-36-27/h1-20H. The summed E-state index contributed by atoms with van der Waals surface area (Å²) < 4.78 is 13.3. The van der Waals surface area contributed by atoms with Gasteiger partial charge < -0.3 is 9.47 Å². The van der Waals surface area contributed by atoms with Crippen LogP contribution in [0.3, 0.4) is 0 Å². The van der Waals surface area contributed by atoms with Crippen molar-refractivity contribution in [2.75, 3.05) is 0 Å². The summed E-state index contributed by atoms with van der Waals surface area (Å²) in [5.41, 5.74) is 8.84. The molecule has 6 aromatic rings. The molecule has 2 aliphatic rings. The number of ether oxygens (including phenoxy) is 2. The molecular weight excluding hydrogens is 481 g/mol. The fraction of sp³-hybridized carbons (Fsp3) is 0. The fourth-order valence-corrected chi connectivity index (χ4v) is 5.59. The van der Waals surface area contributed by atoms with Gasteiger partial charge in [-0.3, -0.25) is 15.0 Å². The molecule has 0 saturated heterocycles. The third kappa shape index (κ3) is 3.53. The number of hydrogen-bond donors (Lipinski definition) is 0. The van der Waals surface area contributed by atoms with Crippen LogP contribution in [-0.2, 0) is 0 Å². The summed E-state index contributed by atoms with van der Waals surface area (Å²) in [7, 11) is 0. The van der Waals surface area contributed by atoms with Gasteiger partial charge in [-0.2, -0.15) is 0 Å². The fourth-order valence-electron chi connectivity index (χ4n) is 5.59. The van der Waals surface area contributed by atoms with E-state index in [-0.39, 0.29) is 6.71 Å². The van der Waals surface area contributed by atoms with Crippen LogP contribution in [0.1, 0.15) is 0 Å². The van der Waals surface area contributed by atoms with Crippen LogP contribution in [0.15, 0.2) is 122 Å². The van der Waals surface area contributed by atoms with Gasteiger partial charge >= 0.3 is 0 Å². The molecule has 0 unspecified atom stereocenters. The molecular formula is C33H20BN3O2. The van der Waals surface area contributed by atoms with Crippen molar-refractivity contribution in [1.29, 1.82) is 0 Å². The highest BCUT2D eigenvalue weighted by Crippen LogP contribution is 2.41. The van der Waals surface area contributed by atoms with Crippen LogP contribution in [0.5, 0.6) is 23.0 Å². The topological polar surface area (TPSA) is 57.1 Å². The molecule has 39 heavy (non-hydrogen) atoms. The summed E-state index contributed by atoms with van der Waals surface area (Å²) in [6.45, 7) is -0.0540. The van der Waals surface area contributed by atoms with Gasteiger partial charge in [0.05, 0.1) is 17.1 Å². The van der Waals surface area contributed by atoms with Gasteiger partial charge in [-0.25, -0.2) is 0 Å². The first-order valence-electron chi connectivity index (χ1n) is 12.9. The minimum atomic E-state index is -0.0540. The summed E-state index contributed by atoms with van der Waals surface area (Å²) in [6.07, 6.45) is 5.43. The Morgan fingerprint density at radius 1 is 0.487 bits per heavy atom. The van der Waals surface area contributed by atoms with Gasteiger partial charge in [0.2, 0.25) is 0 Å². The SMILES string of the molecule is c1ccc(-c2ccc3c(c2)Oc2ccc(-c4ccccn4)c4c2B3c2ccc(-c3ccccn3)cc2O4)nc1. The minimum Gasteiger partial charge on any atom is -0.458 e. The molecule has 0 spiro atoms. The van der Waals surface area contributed by atoms with E-state index in [1.54, 1.807) is 6.20 Å². The van der Waals surface area contributed by atoms with Gasteiger partial charge in [-0.1, -0.05) is 42.5 Å². The van der Waals surface area contributed by atoms with E-state index in [9.17, 15) is 0 Å². The van der Waals surface area contributed by atoms with Gasteiger partial charge in [0.25, 0.3) is 6.71 Å². The maximum absolute atomic E-state index is 6.72. The van der Waals surface area contributed by atoms with Crippen LogP contribution in [-0.4, -0.2) is 21.7 Å². The normalized spacial score (nSPS) is 12.5. The van der Waals surface area contributed by atoms with Gasteiger partial charge in [-0.15, -0.1) is 0 Å². The minimum absolute atomic E-state index is 0.0540. The molecule has 6 heteroatoms. The van der Waals surface area contributed by atoms with Crippen LogP contribution in [0, 0.1) is 0 Å². The number of aromatic nitrogens is 3. The second kappa shape index (κ2) is 8.67. The molecule has 0 fully saturated rings. The Hall–Kier alpha value is -5.23. The average Bonchev–Trinajstić information content (AvgIpc) is 3.01. The lowest BCUT2D eigenvalue weighted by Crippen LogP contribution is -2.57. The average molecular weight is 501 g/mol. The first kappa shape index (κ1) is 21.8. The number of fused-ring (bicyclic) bond motifs is 4. The Balaban J connectivity index is 1.35. The Morgan fingerprint density at radius 2 is 1.05 bits per heavy atom. The summed E-state index contributed by atoms with van der Waals surface area (Å²) >= 11 is 0. The Bertz CT molecular complexity index is 1850. The first-order chi connectivity index (χ1) is 19.3. The van der Waals surface area contributed by atoms with E-state index >= 15 is 0 Å². The third-order valence-electron chi connectivity index (χ3n) is 7.39. The number of benzene rings is 3. The van der Waals surface area contributed by atoms with E-state index in [0.29, 0.717) is 0 Å². The van der Waals surface area contributed by atoms with Crippen LogP contribution < -0.4 is 25.9 Å². The van der Waals surface area contributed by atoms with Crippen LogP contribution in [0.2, 0.25) is 0 Å². The van der Waals surface area contributed by atoms with E-state index in [4.69, 9.17) is 9.47 Å². The molecule has 3 aromatic heterocycles. The lowest BCUT2D eigenvalue weighted by atomic mass is 9.34. The predicted molar refractivity (Wildman–Crippen MR) is 154 cm³/mol. The van der Waals surface area contributed by atoms with Gasteiger partial charge in [-0.05, 0) is 71.6 Å². The smallest absolute Gasteiger partial charge is 0.260 e. The molecule has 0 saturated carbocycles. The zero-order chi connectivity index (χ0) is 25.8. The lowest BCUT2D eigenvalue weighted by Gasteiger charge is -2.34. The maximum atomic E-state index is 6.72. The number of pyridine rings is 3. The van der Waals surface area contributed by atoms with Crippen molar-refractivity contribution in [2.45, 2.75) is 0 Å². The monoisotopic (exact) mass is 501 g/mol. The second-order valence-electron chi connectivity index (χ2n) is 9.64. The molecule has 182 valence electrons. The lowest BCUT2D eigenvalue weighted by molar-refractivity contribution is 0.465. The van der Waals surface area contributed by atoms with Crippen molar-refractivity contribution in [1.82, 2.24) is 15.0 Å². The molecule has 0 N–H and O–H groups in total. The highest BCUT2D eigenvalue weighted by atomic mass is 16.5. The number of nitrogens with zero attached hydrogens (tertiary/aromatic N) is 3. The zero-order valence-corrected chi connectivity index (χ0v) is 20.8. The molecule has 0 atom stereocenters. The van der Waals surface area contributed by atoms with Crippen molar-refractivity contribution in [3.63, 3.8) is 0 Å². The van der Waals surface area contributed by atoms with Gasteiger partial charge in [0, 0.05) is 40.7 Å². The van der Waals surface area contributed by atoms with Crippen molar-refractivity contribution < 1.29 is 9.47 Å². The van der Waals surface area contributed by atoms with Crippen molar-refractivity contribution >= 4 is 23.1 Å². The molecule has 8 rings (SSSR count). The van der Waals surface area contributed by atoms with E-state index in [2.05, 4.69) is 51.4 Å². The zero-order valence-electron chi connectivity index (χ0n) is 20.8. The Labute approximate surface area is 225 Å². The summed E-state index contributed by atoms with van der Waals surface area (Å²) in [4.78, 5) is 13.7. The van der Waals surface area contributed by atoms with Gasteiger partial charge in [0.1, 0.15) is 23.0 Å². The van der Waals surface area contributed by atoms with Gasteiger partial charge in [0.15, 0.2) is 0 Å². The number of hydrogen-bond acceptors (Lipinski definition) is 5. The summed E-state index contributed by atoms with van der Waals surface area (Å²) in [6, 6.07) is 34.6. The van der Waals surface area contributed by atoms with Crippen LogP contribution in [0.4, 0.5) is 0 Å². The van der Waals surface area contributed by atoms with E-state index in [1.165, 1.54) is 0 Å². The molecule has 0 aliphatic carbocycles. The van der Waals surface area contributed by atoms with Crippen LogP contribution in [0.25, 0.3) is 33.8 Å². The highest BCUT2D eigenvalue weighted by Gasteiger charge is 2.41. The summed E-state index contributed by atoms with van der Waals surface area (Å²) in [5.74, 6) is 3.21. The molecule has 0 bridgehead atoms. The molecule has 0 radical (unpaired) electrons. The van der Waals surface area contributed by atoms with E-state index in [1.807, 2.05) is 79.1 Å². The largest absolute Gasteiger partial charge is 0.458 e. The molecule has 3 aromatic carbocycles. The molecule has 2 aliphatic heterocycles. The quantitative estimate of drug-likeness (QED) is 0.295. The van der Waals surface area contributed by atoms with Crippen LogP contribution >= 0.6 is 0 Å². The maximum Gasteiger partial charge on any atom is 0.260 e. The predicted octanol–water partition coefficient (Wildman–Crippen LogP) is 5.60. The molecule has 5 nitrogen and oxygen atoms in total. The number of rotatable bonds is 3. The van der Waals surface area contributed by atoms with E-state index in [0.717, 1.165) is 73.2 Å². The van der Waals surface area contributed by atoms with Crippen molar-refractivity contribution in [2.24, 2.45) is 0 Å². The van der Waals surface area contributed by atoms with E-state index < -0.39 is 0 Å². The molecule has 0 amide bonds. The molecule has 5 heterocycles. The van der Waals surface area contributed by atoms with Crippen molar-refractivity contribution in [3.05, 3.63) is 122 Å². The Kier molecular flexibility index (Phi) is 4.85. The first-order valence-corrected chi connectivity index (χ1v) is 12.9. The third-order valence-corrected chi connectivity index (χ3v) is 7.39. The summed E-state index contributed by atoms with van der Waals surface area (Å²) in [5, 5.41) is 0. The highest BCUT2D eigenvalue weighted by molar-refractivity contribution is 6.98. The van der Waals surface area contributed by atoms with Crippen molar-refractivity contribution in [3.8, 4) is 56.8 Å². The Morgan fingerprint density at radius 3 is 1.62 bits per heavy atom. The second-order valence-corrected chi connectivity index (χ2v) is 9.64.